The summed E-state index contributed by atoms with van der Waals surface area (Å²) in [6.07, 6.45) is -0.664. The molecule has 14 heavy (non-hydrogen) atoms. The fourth-order valence-corrected chi connectivity index (χ4v) is 0.644. The normalized spacial score (nSPS) is 10.6. The van der Waals surface area contributed by atoms with Gasteiger partial charge in [0.25, 0.3) is 0 Å². The van der Waals surface area contributed by atoms with Crippen molar-refractivity contribution in [1.29, 1.82) is 0 Å². The summed E-state index contributed by atoms with van der Waals surface area (Å²) in [6, 6.07) is -1.30. The summed E-state index contributed by atoms with van der Waals surface area (Å²) in [6.45, 7) is -0.261. The maximum atomic E-state index is 10.2. The van der Waals surface area contributed by atoms with Crippen molar-refractivity contribution in [2.45, 2.75) is 12.5 Å². The SMILES string of the molecule is O=C([O-])C[C@H](NCCO)C(=O)[O-].[Na+].[Na+]. The first-order chi connectivity index (χ1) is 5.57. The van der Waals surface area contributed by atoms with Crippen molar-refractivity contribution in [3.8, 4) is 0 Å². The predicted octanol–water partition coefficient (Wildman–Crippen LogP) is -10.2. The molecule has 0 bridgehead atoms. The molecule has 0 saturated carbocycles. The molecular formula is C6H9NNa2O5. The second-order valence-electron chi connectivity index (χ2n) is 2.13. The number of nitrogens with one attached hydrogen (secondary N) is 1. The van der Waals surface area contributed by atoms with Crippen molar-refractivity contribution in [2.75, 3.05) is 13.2 Å². The fourth-order valence-electron chi connectivity index (χ4n) is 0.644. The van der Waals surface area contributed by atoms with Gasteiger partial charge in [0, 0.05) is 18.9 Å². The average molecular weight is 221 g/mol. The summed E-state index contributed by atoms with van der Waals surface area (Å²) in [5, 5.41) is 30.7. The molecule has 0 unspecified atom stereocenters. The molecule has 70 valence electrons. The van der Waals surface area contributed by atoms with Crippen LogP contribution in [-0.4, -0.2) is 36.2 Å². The Morgan fingerprint density at radius 3 is 2.07 bits per heavy atom. The van der Waals surface area contributed by atoms with Crippen molar-refractivity contribution in [2.24, 2.45) is 0 Å². The van der Waals surface area contributed by atoms with Gasteiger partial charge in [-0.3, -0.25) is 0 Å². The smallest absolute Gasteiger partial charge is 0.550 e. The topological polar surface area (TPSA) is 113 Å². The molecule has 0 fully saturated rings. The number of hydrogen-bond acceptors (Lipinski definition) is 6. The molecular weight excluding hydrogens is 212 g/mol. The van der Waals surface area contributed by atoms with E-state index in [2.05, 4.69) is 5.32 Å². The van der Waals surface area contributed by atoms with Crippen molar-refractivity contribution in [3.05, 3.63) is 0 Å². The minimum Gasteiger partial charge on any atom is -0.550 e. The summed E-state index contributed by atoms with van der Waals surface area (Å²) >= 11 is 0. The number of rotatable bonds is 6. The molecule has 0 aliphatic carbocycles. The molecule has 0 aliphatic heterocycles. The first-order valence-corrected chi connectivity index (χ1v) is 3.33. The Morgan fingerprint density at radius 2 is 1.79 bits per heavy atom. The molecule has 0 amide bonds. The van der Waals surface area contributed by atoms with E-state index in [1.54, 1.807) is 0 Å². The van der Waals surface area contributed by atoms with E-state index in [9.17, 15) is 19.8 Å². The second-order valence-corrected chi connectivity index (χ2v) is 2.13. The molecule has 0 aliphatic rings. The molecule has 0 saturated heterocycles. The molecule has 0 heterocycles. The van der Waals surface area contributed by atoms with Gasteiger partial charge in [-0.2, -0.15) is 0 Å². The maximum absolute atomic E-state index is 10.2. The van der Waals surface area contributed by atoms with Crippen molar-refractivity contribution in [3.63, 3.8) is 0 Å². The van der Waals surface area contributed by atoms with Crippen LogP contribution in [0, 0.1) is 0 Å². The minimum absolute atomic E-state index is 0. The molecule has 0 rings (SSSR count). The largest absolute Gasteiger partial charge is 1.00 e. The summed E-state index contributed by atoms with van der Waals surface area (Å²) in [5.74, 6) is -3.00. The van der Waals surface area contributed by atoms with Crippen LogP contribution in [0.3, 0.4) is 0 Å². The van der Waals surface area contributed by atoms with Crippen LogP contribution in [0.4, 0.5) is 0 Å². The van der Waals surface area contributed by atoms with E-state index in [0.29, 0.717) is 0 Å². The Morgan fingerprint density at radius 1 is 1.29 bits per heavy atom. The molecule has 1 atom stereocenters. The maximum Gasteiger partial charge on any atom is 1.00 e. The first-order valence-electron chi connectivity index (χ1n) is 3.33. The third-order valence-corrected chi connectivity index (χ3v) is 1.16. The minimum atomic E-state index is -1.52. The second kappa shape index (κ2) is 11.9. The summed E-state index contributed by atoms with van der Waals surface area (Å²) < 4.78 is 0. The molecule has 0 radical (unpaired) electrons. The summed E-state index contributed by atoms with van der Waals surface area (Å²) in [5.41, 5.74) is 0. The van der Waals surface area contributed by atoms with Crippen molar-refractivity contribution >= 4 is 11.9 Å². The van der Waals surface area contributed by atoms with Crippen molar-refractivity contribution < 1.29 is 84.0 Å². The number of hydrogen-bond donors (Lipinski definition) is 2. The van der Waals surface area contributed by atoms with E-state index in [0.717, 1.165) is 0 Å². The molecule has 0 aromatic heterocycles. The van der Waals surface area contributed by atoms with E-state index in [1.165, 1.54) is 0 Å². The van der Waals surface area contributed by atoms with E-state index < -0.39 is 24.4 Å². The monoisotopic (exact) mass is 221 g/mol. The van der Waals surface area contributed by atoms with Gasteiger partial charge in [-0.25, -0.2) is 0 Å². The van der Waals surface area contributed by atoms with Crippen molar-refractivity contribution in [1.82, 2.24) is 5.32 Å². The number of carboxylic acids is 2. The number of aliphatic carboxylic acids is 2. The molecule has 0 spiro atoms. The van der Waals surface area contributed by atoms with Gasteiger partial charge in [0.05, 0.1) is 18.6 Å². The number of carbonyl (C=O) groups excluding carboxylic acids is 2. The van der Waals surface area contributed by atoms with Gasteiger partial charge >= 0.3 is 59.1 Å². The van der Waals surface area contributed by atoms with Gasteiger partial charge in [0.2, 0.25) is 0 Å². The van der Waals surface area contributed by atoms with Gasteiger partial charge in [-0.1, -0.05) is 0 Å². The van der Waals surface area contributed by atoms with Crippen LogP contribution < -0.4 is 74.6 Å². The van der Waals surface area contributed by atoms with Crippen LogP contribution in [0.15, 0.2) is 0 Å². The zero-order valence-corrected chi connectivity index (χ0v) is 12.3. The van der Waals surface area contributed by atoms with Gasteiger partial charge < -0.3 is 30.2 Å². The number of aliphatic hydroxyl groups excluding tert-OH is 1. The fraction of sp³-hybridized carbons (Fsp3) is 0.667. The Kier molecular flexibility index (Phi) is 17.3. The Bertz CT molecular complexity index is 178. The Hall–Kier alpha value is 0.860. The van der Waals surface area contributed by atoms with Gasteiger partial charge in [-0.15, -0.1) is 0 Å². The number of carbonyl (C=O) groups is 2. The van der Waals surface area contributed by atoms with E-state index in [4.69, 9.17) is 5.11 Å². The summed E-state index contributed by atoms with van der Waals surface area (Å²) in [4.78, 5) is 20.2. The quantitative estimate of drug-likeness (QED) is 0.430. The average Bonchev–Trinajstić information content (AvgIpc) is 1.96. The number of carboxylic acid groups (broad SMARTS) is 2. The first kappa shape index (κ1) is 20.3. The van der Waals surface area contributed by atoms with Gasteiger partial charge in [0.1, 0.15) is 0 Å². The van der Waals surface area contributed by atoms with Crippen LogP contribution in [0.2, 0.25) is 0 Å². The van der Waals surface area contributed by atoms with Gasteiger partial charge in [-0.05, 0) is 0 Å². The third kappa shape index (κ3) is 10.9. The molecule has 8 heteroatoms. The van der Waals surface area contributed by atoms with Crippen LogP contribution in [-0.2, 0) is 9.59 Å². The van der Waals surface area contributed by atoms with Crippen LogP contribution in [0.5, 0.6) is 0 Å². The van der Waals surface area contributed by atoms with E-state index >= 15 is 0 Å². The Balaban J connectivity index is -0.000000605. The van der Waals surface area contributed by atoms with Gasteiger partial charge in [0.15, 0.2) is 0 Å². The standard InChI is InChI=1S/C6H11NO5.2Na/c8-2-1-7-4(6(11)12)3-5(9)10;;/h4,7-8H,1-3H2,(H,9,10)(H,11,12);;/q;2*+1/p-2/t4-;;/m0../s1. The zero-order valence-electron chi connectivity index (χ0n) is 8.28. The summed E-state index contributed by atoms with van der Waals surface area (Å²) in [7, 11) is 0. The molecule has 2 N–H and O–H groups in total. The van der Waals surface area contributed by atoms with Crippen LogP contribution in [0.25, 0.3) is 0 Å². The van der Waals surface area contributed by atoms with E-state index in [1.807, 2.05) is 0 Å². The Labute approximate surface area is 126 Å². The van der Waals surface area contributed by atoms with Crippen LogP contribution in [0.1, 0.15) is 6.42 Å². The van der Waals surface area contributed by atoms with Crippen LogP contribution >= 0.6 is 0 Å². The third-order valence-electron chi connectivity index (χ3n) is 1.16. The molecule has 0 aromatic carbocycles. The number of aliphatic hydroxyl groups is 1. The van der Waals surface area contributed by atoms with E-state index in [-0.39, 0.29) is 72.3 Å². The molecule has 6 nitrogen and oxygen atoms in total. The predicted molar refractivity (Wildman–Crippen MR) is 33.5 cm³/mol. The molecule has 0 aromatic rings. The zero-order chi connectivity index (χ0) is 9.56.